The van der Waals surface area contributed by atoms with Crippen molar-refractivity contribution in [2.45, 2.75) is 13.0 Å². The zero-order valence-electron chi connectivity index (χ0n) is 11.7. The molecule has 0 amide bonds. The number of benzene rings is 1. The van der Waals surface area contributed by atoms with Crippen LogP contribution in [-0.4, -0.2) is 49.5 Å². The number of ether oxygens (including phenoxy) is 2. The van der Waals surface area contributed by atoms with Gasteiger partial charge >= 0.3 is 0 Å². The predicted molar refractivity (Wildman–Crippen MR) is 74.1 cm³/mol. The average Bonchev–Trinajstić information content (AvgIpc) is 2.42. The average molecular weight is 284 g/mol. The van der Waals surface area contributed by atoms with E-state index in [-0.39, 0.29) is 12.3 Å². The summed E-state index contributed by atoms with van der Waals surface area (Å²) in [4.78, 5) is 10.2. The van der Waals surface area contributed by atoms with Crippen LogP contribution in [0, 0.1) is 17.0 Å². The molecule has 0 aliphatic carbocycles. The molecule has 1 aromatic carbocycles. The summed E-state index contributed by atoms with van der Waals surface area (Å²) in [5.41, 5.74) is 0.758. The first-order valence-electron chi connectivity index (χ1n) is 6.30. The van der Waals surface area contributed by atoms with Crippen LogP contribution in [0.1, 0.15) is 5.56 Å². The minimum absolute atomic E-state index is 0.0293. The molecule has 1 rings (SSSR count). The van der Waals surface area contributed by atoms with Crippen molar-refractivity contribution in [3.63, 3.8) is 0 Å². The fourth-order valence-electron chi connectivity index (χ4n) is 1.55. The van der Waals surface area contributed by atoms with Crippen LogP contribution in [0.3, 0.4) is 0 Å². The van der Waals surface area contributed by atoms with Crippen molar-refractivity contribution < 1.29 is 19.5 Å². The number of nitro benzene ring substituents is 1. The van der Waals surface area contributed by atoms with Crippen molar-refractivity contribution in [3.8, 4) is 5.75 Å². The minimum atomic E-state index is -0.689. The third-order valence-electron chi connectivity index (χ3n) is 2.68. The molecule has 7 nitrogen and oxygen atoms in total. The Balaban J connectivity index is 2.44. The Labute approximate surface area is 117 Å². The zero-order valence-corrected chi connectivity index (χ0v) is 11.7. The van der Waals surface area contributed by atoms with Crippen LogP contribution in [0.4, 0.5) is 5.69 Å². The lowest BCUT2D eigenvalue weighted by atomic mass is 10.2. The third kappa shape index (κ3) is 5.52. The number of hydrogen-bond donors (Lipinski definition) is 2. The van der Waals surface area contributed by atoms with Crippen molar-refractivity contribution in [1.29, 1.82) is 0 Å². The molecule has 0 radical (unpaired) electrons. The normalized spacial score (nSPS) is 12.2. The maximum Gasteiger partial charge on any atom is 0.273 e. The summed E-state index contributed by atoms with van der Waals surface area (Å²) in [7, 11) is 1.60. The zero-order chi connectivity index (χ0) is 15.0. The molecule has 0 bridgehead atoms. The summed E-state index contributed by atoms with van der Waals surface area (Å²) in [6.07, 6.45) is -0.689. The number of nitrogens with one attached hydrogen (secondary N) is 1. The lowest BCUT2D eigenvalue weighted by Gasteiger charge is -2.14. The molecule has 0 heterocycles. The van der Waals surface area contributed by atoms with E-state index in [1.165, 1.54) is 12.1 Å². The molecular weight excluding hydrogens is 264 g/mol. The van der Waals surface area contributed by atoms with Crippen LogP contribution in [-0.2, 0) is 4.74 Å². The molecular formula is C13H20N2O5. The standard InChI is InChI=1S/C13H20N2O5/c1-10-3-4-11(15(17)18)7-13(10)20-9-12(16)8-14-5-6-19-2/h3-4,7,12,14,16H,5-6,8-9H2,1-2H3. The first-order valence-corrected chi connectivity index (χ1v) is 6.30. The van der Waals surface area contributed by atoms with Gasteiger partial charge in [-0.2, -0.15) is 0 Å². The summed E-state index contributed by atoms with van der Waals surface area (Å²) < 4.78 is 10.3. The second kappa shape index (κ2) is 8.47. The Bertz CT molecular complexity index is 439. The lowest BCUT2D eigenvalue weighted by molar-refractivity contribution is -0.385. The number of methoxy groups -OCH3 is 1. The second-order valence-electron chi connectivity index (χ2n) is 4.37. The molecule has 0 saturated heterocycles. The molecule has 0 aliphatic heterocycles. The molecule has 112 valence electrons. The highest BCUT2D eigenvalue weighted by Gasteiger charge is 2.11. The van der Waals surface area contributed by atoms with Crippen molar-refractivity contribution in [2.24, 2.45) is 0 Å². The molecule has 0 spiro atoms. The van der Waals surface area contributed by atoms with Gasteiger partial charge in [-0.1, -0.05) is 0 Å². The Morgan fingerprint density at radius 2 is 2.25 bits per heavy atom. The molecule has 2 N–H and O–H groups in total. The molecule has 1 atom stereocenters. The highest BCUT2D eigenvalue weighted by molar-refractivity contribution is 5.43. The van der Waals surface area contributed by atoms with E-state index < -0.39 is 11.0 Å². The molecule has 0 saturated carbocycles. The van der Waals surface area contributed by atoms with Gasteiger partial charge in [-0.3, -0.25) is 10.1 Å². The number of aryl methyl sites for hydroxylation is 1. The highest BCUT2D eigenvalue weighted by atomic mass is 16.6. The van der Waals surface area contributed by atoms with E-state index in [9.17, 15) is 15.2 Å². The number of nitro groups is 1. The van der Waals surface area contributed by atoms with E-state index in [1.54, 1.807) is 20.1 Å². The number of rotatable bonds is 9. The molecule has 1 aromatic rings. The smallest absolute Gasteiger partial charge is 0.273 e. The van der Waals surface area contributed by atoms with Crippen LogP contribution in [0.25, 0.3) is 0 Å². The Morgan fingerprint density at radius 3 is 2.90 bits per heavy atom. The lowest BCUT2D eigenvalue weighted by Crippen LogP contribution is -2.33. The third-order valence-corrected chi connectivity index (χ3v) is 2.68. The monoisotopic (exact) mass is 284 g/mol. The SMILES string of the molecule is COCCNCC(O)COc1cc([N+](=O)[O-])ccc1C. The fourth-order valence-corrected chi connectivity index (χ4v) is 1.55. The van der Waals surface area contributed by atoms with Crippen molar-refractivity contribution in [2.75, 3.05) is 33.4 Å². The minimum Gasteiger partial charge on any atom is -0.490 e. The molecule has 0 aromatic heterocycles. The number of aliphatic hydroxyl groups is 1. The van der Waals surface area contributed by atoms with Gasteiger partial charge in [0.1, 0.15) is 18.5 Å². The summed E-state index contributed by atoms with van der Waals surface area (Å²) in [5, 5.41) is 23.4. The van der Waals surface area contributed by atoms with Gasteiger partial charge in [-0.15, -0.1) is 0 Å². The number of nitrogens with zero attached hydrogens (tertiary/aromatic N) is 1. The Hall–Kier alpha value is -1.70. The first kappa shape index (κ1) is 16.4. The first-order chi connectivity index (χ1) is 9.54. The fraction of sp³-hybridized carbons (Fsp3) is 0.538. The van der Waals surface area contributed by atoms with Crippen molar-refractivity contribution in [3.05, 3.63) is 33.9 Å². The van der Waals surface area contributed by atoms with Gasteiger partial charge in [-0.25, -0.2) is 0 Å². The summed E-state index contributed by atoms with van der Waals surface area (Å²) in [5.74, 6) is 0.412. The van der Waals surface area contributed by atoms with Gasteiger partial charge in [0.2, 0.25) is 0 Å². The van der Waals surface area contributed by atoms with Gasteiger partial charge in [0, 0.05) is 26.3 Å². The van der Waals surface area contributed by atoms with Crippen LogP contribution >= 0.6 is 0 Å². The summed E-state index contributed by atoms with van der Waals surface area (Å²) in [6, 6.07) is 4.40. The van der Waals surface area contributed by atoms with E-state index in [2.05, 4.69) is 5.32 Å². The van der Waals surface area contributed by atoms with Crippen LogP contribution in [0.2, 0.25) is 0 Å². The van der Waals surface area contributed by atoms with Crippen molar-refractivity contribution >= 4 is 5.69 Å². The van der Waals surface area contributed by atoms with Gasteiger partial charge in [-0.05, 0) is 18.6 Å². The maximum absolute atomic E-state index is 10.7. The molecule has 20 heavy (non-hydrogen) atoms. The van der Waals surface area contributed by atoms with Gasteiger partial charge < -0.3 is 19.9 Å². The van der Waals surface area contributed by atoms with Gasteiger partial charge in [0.05, 0.1) is 17.6 Å². The van der Waals surface area contributed by atoms with Crippen LogP contribution < -0.4 is 10.1 Å². The van der Waals surface area contributed by atoms with Crippen molar-refractivity contribution in [1.82, 2.24) is 5.32 Å². The number of aliphatic hydroxyl groups excluding tert-OH is 1. The molecule has 7 heteroatoms. The van der Waals surface area contributed by atoms with E-state index in [0.717, 1.165) is 5.56 Å². The Kier molecular flexibility index (Phi) is 6.92. The summed E-state index contributed by atoms with van der Waals surface area (Å²) in [6.45, 7) is 3.45. The Morgan fingerprint density at radius 1 is 1.50 bits per heavy atom. The van der Waals surface area contributed by atoms with E-state index in [1.807, 2.05) is 0 Å². The number of non-ortho nitro benzene ring substituents is 1. The molecule has 0 fully saturated rings. The van der Waals surface area contributed by atoms with E-state index in [0.29, 0.717) is 25.4 Å². The van der Waals surface area contributed by atoms with E-state index in [4.69, 9.17) is 9.47 Å². The number of hydrogen-bond acceptors (Lipinski definition) is 6. The predicted octanol–water partition coefficient (Wildman–Crippen LogP) is 0.879. The van der Waals surface area contributed by atoms with Crippen LogP contribution in [0.15, 0.2) is 18.2 Å². The van der Waals surface area contributed by atoms with E-state index >= 15 is 0 Å². The maximum atomic E-state index is 10.7. The molecule has 0 aliphatic rings. The van der Waals surface area contributed by atoms with Crippen LogP contribution in [0.5, 0.6) is 5.75 Å². The quantitative estimate of drug-likeness (QED) is 0.397. The molecule has 1 unspecified atom stereocenters. The highest BCUT2D eigenvalue weighted by Crippen LogP contribution is 2.24. The summed E-state index contributed by atoms with van der Waals surface area (Å²) >= 11 is 0. The van der Waals surface area contributed by atoms with Gasteiger partial charge in [0.25, 0.3) is 5.69 Å². The van der Waals surface area contributed by atoms with Gasteiger partial charge in [0.15, 0.2) is 0 Å². The topological polar surface area (TPSA) is 93.9 Å². The largest absolute Gasteiger partial charge is 0.490 e. The second-order valence-corrected chi connectivity index (χ2v) is 4.37.